The van der Waals surface area contributed by atoms with Crippen LogP contribution in [0.15, 0.2) is 0 Å². The molecule has 1 saturated carbocycles. The number of carbonyl (C=O) groups is 1. The number of aliphatic hydroxyl groups is 1. The van der Waals surface area contributed by atoms with E-state index in [0.29, 0.717) is 5.92 Å². The van der Waals surface area contributed by atoms with Crippen LogP contribution in [0, 0.1) is 17.3 Å². The molecule has 4 heteroatoms. The maximum atomic E-state index is 12.4. The smallest absolute Gasteiger partial charge is 0.223 e. The average molecular weight is 284 g/mol. The van der Waals surface area contributed by atoms with Gasteiger partial charge in [0.05, 0.1) is 0 Å². The number of carbonyl (C=O) groups excluding carboxylic acids is 1. The van der Waals surface area contributed by atoms with Crippen LogP contribution in [0.5, 0.6) is 0 Å². The van der Waals surface area contributed by atoms with Crippen molar-refractivity contribution >= 4 is 5.91 Å². The van der Waals surface area contributed by atoms with E-state index in [2.05, 4.69) is 26.1 Å². The Bertz CT molecular complexity index is 305. The fraction of sp³-hybridized carbons (Fsp3) is 0.938. The van der Waals surface area contributed by atoms with Crippen molar-refractivity contribution in [1.29, 1.82) is 0 Å². The minimum atomic E-state index is -0.0291. The van der Waals surface area contributed by atoms with Crippen LogP contribution >= 0.6 is 0 Å². The molecule has 0 saturated heterocycles. The predicted octanol–water partition coefficient (Wildman–Crippen LogP) is 2.05. The summed E-state index contributed by atoms with van der Waals surface area (Å²) in [6.07, 6.45) is 5.80. The molecule has 0 radical (unpaired) electrons. The largest absolute Gasteiger partial charge is 0.396 e. The van der Waals surface area contributed by atoms with Gasteiger partial charge in [0.15, 0.2) is 0 Å². The maximum Gasteiger partial charge on any atom is 0.223 e. The van der Waals surface area contributed by atoms with Gasteiger partial charge in [-0.3, -0.25) is 4.79 Å². The van der Waals surface area contributed by atoms with E-state index in [1.807, 2.05) is 0 Å². The van der Waals surface area contributed by atoms with Crippen LogP contribution in [0.1, 0.15) is 59.3 Å². The van der Waals surface area contributed by atoms with E-state index < -0.39 is 0 Å². The first-order chi connectivity index (χ1) is 9.41. The molecule has 3 atom stereocenters. The molecule has 0 aliphatic heterocycles. The van der Waals surface area contributed by atoms with Gasteiger partial charge < -0.3 is 16.2 Å². The third kappa shape index (κ3) is 4.45. The minimum absolute atomic E-state index is 0.0291. The molecule has 0 spiro atoms. The second kappa shape index (κ2) is 7.99. The van der Waals surface area contributed by atoms with E-state index in [9.17, 15) is 4.79 Å². The molecule has 0 heterocycles. The molecule has 0 aromatic heterocycles. The number of nitrogens with two attached hydrogens (primary N) is 1. The Balaban J connectivity index is 2.35. The Morgan fingerprint density at radius 1 is 1.25 bits per heavy atom. The molecule has 0 aromatic rings. The normalized spacial score (nSPS) is 29.1. The molecule has 3 unspecified atom stereocenters. The number of amides is 1. The predicted molar refractivity (Wildman–Crippen MR) is 82.2 cm³/mol. The van der Waals surface area contributed by atoms with E-state index in [0.717, 1.165) is 45.1 Å². The summed E-state index contributed by atoms with van der Waals surface area (Å²) in [5.41, 5.74) is 6.10. The topological polar surface area (TPSA) is 75.4 Å². The highest BCUT2D eigenvalue weighted by molar-refractivity contribution is 5.79. The molecule has 1 aliphatic rings. The summed E-state index contributed by atoms with van der Waals surface area (Å²) in [7, 11) is 0. The quantitative estimate of drug-likeness (QED) is 0.626. The van der Waals surface area contributed by atoms with Crippen molar-refractivity contribution in [3.63, 3.8) is 0 Å². The number of hydrogen-bond acceptors (Lipinski definition) is 3. The summed E-state index contributed by atoms with van der Waals surface area (Å²) in [6.45, 7) is 7.52. The van der Waals surface area contributed by atoms with Gasteiger partial charge >= 0.3 is 0 Å². The minimum Gasteiger partial charge on any atom is -0.396 e. The number of rotatable bonds is 7. The van der Waals surface area contributed by atoms with Crippen molar-refractivity contribution in [2.75, 3.05) is 13.2 Å². The van der Waals surface area contributed by atoms with Gasteiger partial charge in [-0.25, -0.2) is 0 Å². The molecule has 1 rings (SSSR count). The van der Waals surface area contributed by atoms with Gasteiger partial charge in [-0.15, -0.1) is 0 Å². The van der Waals surface area contributed by atoms with Crippen LogP contribution in [0.3, 0.4) is 0 Å². The Morgan fingerprint density at radius 2 is 1.90 bits per heavy atom. The monoisotopic (exact) mass is 284 g/mol. The van der Waals surface area contributed by atoms with Crippen molar-refractivity contribution in [3.8, 4) is 0 Å². The lowest BCUT2D eigenvalue weighted by molar-refractivity contribution is -0.132. The van der Waals surface area contributed by atoms with Crippen LogP contribution in [0.25, 0.3) is 0 Å². The fourth-order valence-electron chi connectivity index (χ4n) is 3.24. The SMILES string of the molecule is CC1C(N)CCC(C(=O)NCCCCCCO)C1(C)C. The van der Waals surface area contributed by atoms with Gasteiger partial charge in [0.1, 0.15) is 0 Å². The number of nitrogens with one attached hydrogen (secondary N) is 1. The lowest BCUT2D eigenvalue weighted by Gasteiger charge is -2.46. The Morgan fingerprint density at radius 3 is 2.55 bits per heavy atom. The average Bonchev–Trinajstić information content (AvgIpc) is 2.40. The molecule has 20 heavy (non-hydrogen) atoms. The van der Waals surface area contributed by atoms with Gasteiger partial charge in [-0.2, -0.15) is 0 Å². The van der Waals surface area contributed by atoms with Crippen LogP contribution in [0.2, 0.25) is 0 Å². The van der Waals surface area contributed by atoms with E-state index in [1.165, 1.54) is 0 Å². The second-order valence-electron chi connectivity index (χ2n) is 6.83. The summed E-state index contributed by atoms with van der Waals surface area (Å²) < 4.78 is 0. The van der Waals surface area contributed by atoms with E-state index in [4.69, 9.17) is 10.8 Å². The van der Waals surface area contributed by atoms with Crippen LogP contribution in [-0.4, -0.2) is 30.2 Å². The van der Waals surface area contributed by atoms with Crippen molar-refractivity contribution in [1.82, 2.24) is 5.32 Å². The molecule has 0 aromatic carbocycles. The van der Waals surface area contributed by atoms with Gasteiger partial charge in [-0.05, 0) is 37.0 Å². The lowest BCUT2D eigenvalue weighted by Crippen LogP contribution is -2.51. The molecule has 4 N–H and O–H groups in total. The van der Waals surface area contributed by atoms with Gasteiger partial charge in [0.2, 0.25) is 5.91 Å². The Hall–Kier alpha value is -0.610. The Kier molecular flexibility index (Phi) is 6.96. The van der Waals surface area contributed by atoms with Crippen LogP contribution < -0.4 is 11.1 Å². The summed E-state index contributed by atoms with van der Waals surface area (Å²) in [5, 5.41) is 11.8. The molecular weight excluding hydrogens is 252 g/mol. The van der Waals surface area contributed by atoms with Crippen molar-refractivity contribution in [2.24, 2.45) is 23.0 Å². The van der Waals surface area contributed by atoms with E-state index in [1.54, 1.807) is 0 Å². The highest BCUT2D eigenvalue weighted by Gasteiger charge is 2.44. The first kappa shape index (κ1) is 17.4. The third-order valence-electron chi connectivity index (χ3n) is 5.20. The maximum absolute atomic E-state index is 12.4. The lowest BCUT2D eigenvalue weighted by atomic mass is 9.61. The van der Waals surface area contributed by atoms with E-state index >= 15 is 0 Å². The molecule has 1 aliphatic carbocycles. The Labute approximate surface area is 123 Å². The molecule has 1 amide bonds. The van der Waals surface area contributed by atoms with Crippen molar-refractivity contribution < 1.29 is 9.90 Å². The fourth-order valence-corrected chi connectivity index (χ4v) is 3.24. The molecule has 1 fully saturated rings. The number of unbranched alkanes of at least 4 members (excludes halogenated alkanes) is 3. The molecular formula is C16H32N2O2. The zero-order valence-corrected chi connectivity index (χ0v) is 13.3. The first-order valence-corrected chi connectivity index (χ1v) is 8.05. The summed E-state index contributed by atoms with van der Waals surface area (Å²) in [5.74, 6) is 0.641. The number of aliphatic hydroxyl groups excluding tert-OH is 1. The van der Waals surface area contributed by atoms with Crippen molar-refractivity contribution in [3.05, 3.63) is 0 Å². The van der Waals surface area contributed by atoms with Crippen LogP contribution in [0.4, 0.5) is 0 Å². The second-order valence-corrected chi connectivity index (χ2v) is 6.83. The highest BCUT2D eigenvalue weighted by atomic mass is 16.2. The molecule has 4 nitrogen and oxygen atoms in total. The summed E-state index contributed by atoms with van der Waals surface area (Å²) in [6, 6.07) is 0.215. The van der Waals surface area contributed by atoms with Gasteiger partial charge in [0, 0.05) is 25.1 Å². The standard InChI is InChI=1S/C16H32N2O2/c1-12-14(17)9-8-13(16(12,2)3)15(20)18-10-6-4-5-7-11-19/h12-14,19H,4-11,17H2,1-3H3,(H,18,20). The first-order valence-electron chi connectivity index (χ1n) is 8.05. The highest BCUT2D eigenvalue weighted by Crippen LogP contribution is 2.44. The summed E-state index contributed by atoms with van der Waals surface area (Å²) in [4.78, 5) is 12.4. The number of hydrogen-bond donors (Lipinski definition) is 3. The zero-order valence-electron chi connectivity index (χ0n) is 13.3. The van der Waals surface area contributed by atoms with Gasteiger partial charge in [0.25, 0.3) is 0 Å². The van der Waals surface area contributed by atoms with Crippen molar-refractivity contribution in [2.45, 2.75) is 65.3 Å². The zero-order chi connectivity index (χ0) is 15.2. The molecule has 118 valence electrons. The third-order valence-corrected chi connectivity index (χ3v) is 5.20. The molecule has 0 bridgehead atoms. The van der Waals surface area contributed by atoms with E-state index in [-0.39, 0.29) is 29.9 Å². The van der Waals surface area contributed by atoms with Gasteiger partial charge in [-0.1, -0.05) is 33.6 Å². The summed E-state index contributed by atoms with van der Waals surface area (Å²) >= 11 is 0. The van der Waals surface area contributed by atoms with Crippen LogP contribution in [-0.2, 0) is 4.79 Å².